The molecular weight excluding hydrogens is 931 g/mol. The average Bonchev–Trinajstić information content (AvgIpc) is 3.40. The van der Waals surface area contributed by atoms with Crippen molar-refractivity contribution in [3.63, 3.8) is 0 Å². The van der Waals surface area contributed by atoms with Gasteiger partial charge >= 0.3 is 5.97 Å². The van der Waals surface area contributed by atoms with Gasteiger partial charge in [0.1, 0.15) is 24.4 Å². The summed E-state index contributed by atoms with van der Waals surface area (Å²) in [4.78, 5) is 26.4. The summed E-state index contributed by atoms with van der Waals surface area (Å²) in [6, 6.07) is -1.04. The Morgan fingerprint density at radius 2 is 0.932 bits per heavy atom. The molecule has 8 unspecified atom stereocenters. The number of nitrogens with one attached hydrogen (secondary N) is 1. The molecule has 0 aliphatic carbocycles. The number of allylic oxidation sites excluding steroid dienone is 11. The van der Waals surface area contributed by atoms with E-state index in [2.05, 4.69) is 74.7 Å². The van der Waals surface area contributed by atoms with Crippen LogP contribution in [-0.2, 0) is 23.8 Å². The molecule has 11 heteroatoms. The van der Waals surface area contributed by atoms with E-state index in [0.29, 0.717) is 12.8 Å². The number of aliphatic hydroxyl groups is 5. The second kappa shape index (κ2) is 50.9. The van der Waals surface area contributed by atoms with Crippen molar-refractivity contribution < 1.29 is 49.3 Å². The molecule has 1 amide bonds. The Labute approximate surface area is 451 Å². The van der Waals surface area contributed by atoms with Crippen LogP contribution < -0.4 is 5.32 Å². The second-order valence-corrected chi connectivity index (χ2v) is 20.7. The third-order valence-corrected chi connectivity index (χ3v) is 13.8. The number of rotatable bonds is 50. The maximum absolute atomic E-state index is 13.4. The summed E-state index contributed by atoms with van der Waals surface area (Å²) >= 11 is 0. The maximum atomic E-state index is 13.4. The first-order valence-corrected chi connectivity index (χ1v) is 30.2. The van der Waals surface area contributed by atoms with E-state index in [-0.39, 0.29) is 19.4 Å². The van der Waals surface area contributed by atoms with Crippen molar-refractivity contribution in [2.75, 3.05) is 13.2 Å². The van der Waals surface area contributed by atoms with Crippen LogP contribution >= 0.6 is 0 Å². The van der Waals surface area contributed by atoms with E-state index < -0.39 is 67.4 Å². The zero-order chi connectivity index (χ0) is 54.0. The molecule has 1 fully saturated rings. The SMILES string of the molecule is CCCCC/C=C\C/C=C\C/C=C\CCCCCCCCCC(O)C(=O)NC(COC1OC(CO)C(O)C(O)C1OC(=O)CC/C=C/C/C=C\CCCCCCCC)C(O)/C=C/CCCCCCCCCCCC. The molecule has 6 N–H and O–H groups in total. The van der Waals surface area contributed by atoms with Crippen LogP contribution in [0.5, 0.6) is 0 Å². The summed E-state index contributed by atoms with van der Waals surface area (Å²) in [5.41, 5.74) is 0. The highest BCUT2D eigenvalue weighted by Gasteiger charge is 2.47. The van der Waals surface area contributed by atoms with Gasteiger partial charge < -0.3 is 45.1 Å². The van der Waals surface area contributed by atoms with Crippen molar-refractivity contribution in [2.45, 2.75) is 301 Å². The second-order valence-electron chi connectivity index (χ2n) is 20.7. The lowest BCUT2D eigenvalue weighted by Gasteiger charge is -2.41. The first-order valence-electron chi connectivity index (χ1n) is 30.2. The summed E-state index contributed by atoms with van der Waals surface area (Å²) in [6.07, 6.45) is 53.8. The number of amides is 1. The van der Waals surface area contributed by atoms with Gasteiger partial charge in [0.15, 0.2) is 12.4 Å². The molecule has 0 saturated carbocycles. The van der Waals surface area contributed by atoms with Crippen LogP contribution in [0, 0.1) is 0 Å². The smallest absolute Gasteiger partial charge is 0.306 e. The monoisotopic (exact) mass is 1040 g/mol. The fourth-order valence-corrected chi connectivity index (χ4v) is 9.00. The van der Waals surface area contributed by atoms with Crippen molar-refractivity contribution in [3.8, 4) is 0 Å². The third kappa shape index (κ3) is 38.6. The molecule has 428 valence electrons. The topological polar surface area (TPSA) is 175 Å². The molecule has 0 radical (unpaired) electrons. The Balaban J connectivity index is 2.72. The molecule has 0 aromatic rings. The molecule has 0 aromatic carbocycles. The lowest BCUT2D eigenvalue weighted by atomic mass is 9.99. The van der Waals surface area contributed by atoms with Crippen LogP contribution in [0.25, 0.3) is 0 Å². The normalized spacial score (nSPS) is 19.8. The van der Waals surface area contributed by atoms with E-state index in [1.165, 1.54) is 128 Å². The fourth-order valence-electron chi connectivity index (χ4n) is 9.00. The zero-order valence-electron chi connectivity index (χ0n) is 47.2. The van der Waals surface area contributed by atoms with Crippen molar-refractivity contribution in [1.29, 1.82) is 0 Å². The first-order chi connectivity index (χ1) is 36.2. The van der Waals surface area contributed by atoms with E-state index >= 15 is 0 Å². The van der Waals surface area contributed by atoms with Gasteiger partial charge in [-0.05, 0) is 83.5 Å². The minimum atomic E-state index is -1.64. The Morgan fingerprint density at radius 1 is 0.527 bits per heavy atom. The summed E-state index contributed by atoms with van der Waals surface area (Å²) in [5.74, 6) is -1.28. The van der Waals surface area contributed by atoms with Crippen molar-refractivity contribution in [3.05, 3.63) is 72.9 Å². The van der Waals surface area contributed by atoms with Gasteiger partial charge in [-0.15, -0.1) is 0 Å². The van der Waals surface area contributed by atoms with Gasteiger partial charge in [0.25, 0.3) is 0 Å². The van der Waals surface area contributed by atoms with Crippen LogP contribution in [0.2, 0.25) is 0 Å². The van der Waals surface area contributed by atoms with Crippen LogP contribution in [0.4, 0.5) is 0 Å². The highest BCUT2D eigenvalue weighted by atomic mass is 16.7. The van der Waals surface area contributed by atoms with Gasteiger partial charge in [-0.3, -0.25) is 9.59 Å². The molecule has 1 rings (SSSR count). The molecule has 1 aliphatic heterocycles. The largest absolute Gasteiger partial charge is 0.454 e. The lowest BCUT2D eigenvalue weighted by Crippen LogP contribution is -2.61. The van der Waals surface area contributed by atoms with E-state index in [4.69, 9.17) is 14.2 Å². The van der Waals surface area contributed by atoms with Crippen LogP contribution in [-0.4, -0.2) is 99.6 Å². The standard InChI is InChI=1S/C63H111NO10/c1-4-7-10-13-16-19-22-25-26-27-28-29-30-31-33-35-38-41-44-47-50-56(67)62(71)64-54(55(66)49-46-43-40-37-34-24-21-18-15-12-9-6-3)53-72-63-61(60(70)59(69)57(52-65)73-63)74-58(68)51-48-45-42-39-36-32-23-20-17-14-11-8-5-2/h16,19,25-26,28-29,32,36,42,45-46,49,54-57,59-61,63,65-67,69-70H,4-15,17-18,20-24,27,30-31,33-35,37-41,43-44,47-48,50-53H2,1-3H3,(H,64,71)/b19-16-,26-25-,29-28-,36-32-,45-42+,49-46+. The summed E-state index contributed by atoms with van der Waals surface area (Å²) < 4.78 is 17.5. The van der Waals surface area contributed by atoms with Crippen molar-refractivity contribution >= 4 is 11.9 Å². The van der Waals surface area contributed by atoms with Crippen LogP contribution in [0.15, 0.2) is 72.9 Å². The number of carbonyl (C=O) groups is 2. The van der Waals surface area contributed by atoms with Crippen LogP contribution in [0.3, 0.4) is 0 Å². The lowest BCUT2D eigenvalue weighted by molar-refractivity contribution is -0.305. The Kier molecular flexibility index (Phi) is 47.5. The van der Waals surface area contributed by atoms with Crippen molar-refractivity contribution in [2.24, 2.45) is 0 Å². The van der Waals surface area contributed by atoms with E-state index in [9.17, 15) is 35.1 Å². The summed E-state index contributed by atoms with van der Waals surface area (Å²) in [6.45, 7) is 5.71. The number of hydrogen-bond acceptors (Lipinski definition) is 10. The first kappa shape index (κ1) is 69.1. The summed E-state index contributed by atoms with van der Waals surface area (Å²) in [5, 5.41) is 56.8. The Hall–Kier alpha value is -2.90. The predicted molar refractivity (Wildman–Crippen MR) is 306 cm³/mol. The minimum absolute atomic E-state index is 0.0148. The van der Waals surface area contributed by atoms with Crippen molar-refractivity contribution in [1.82, 2.24) is 5.32 Å². The molecule has 1 saturated heterocycles. The molecular formula is C63H111NO10. The quantitative estimate of drug-likeness (QED) is 0.0195. The van der Waals surface area contributed by atoms with Gasteiger partial charge in [-0.1, -0.05) is 235 Å². The predicted octanol–water partition coefficient (Wildman–Crippen LogP) is 14.0. The maximum Gasteiger partial charge on any atom is 0.306 e. The molecule has 8 atom stereocenters. The Morgan fingerprint density at radius 3 is 1.42 bits per heavy atom. The van der Waals surface area contributed by atoms with Gasteiger partial charge in [0, 0.05) is 6.42 Å². The van der Waals surface area contributed by atoms with Gasteiger partial charge in [-0.2, -0.15) is 0 Å². The number of aliphatic hydroxyl groups excluding tert-OH is 5. The van der Waals surface area contributed by atoms with E-state index in [1.54, 1.807) is 6.08 Å². The number of esters is 1. The molecule has 0 aromatic heterocycles. The number of hydrogen-bond donors (Lipinski definition) is 6. The van der Waals surface area contributed by atoms with E-state index in [0.717, 1.165) is 77.0 Å². The zero-order valence-corrected chi connectivity index (χ0v) is 47.2. The number of carbonyl (C=O) groups excluding carboxylic acids is 2. The average molecular weight is 1040 g/mol. The highest BCUT2D eigenvalue weighted by molar-refractivity contribution is 5.80. The number of unbranched alkanes of at least 4 members (excludes halogenated alkanes) is 26. The highest BCUT2D eigenvalue weighted by Crippen LogP contribution is 2.26. The van der Waals surface area contributed by atoms with E-state index in [1.807, 2.05) is 18.2 Å². The third-order valence-electron chi connectivity index (χ3n) is 13.8. The van der Waals surface area contributed by atoms with Gasteiger partial charge in [0.05, 0.1) is 25.4 Å². The molecule has 1 heterocycles. The number of ether oxygens (including phenoxy) is 3. The fraction of sp³-hybridized carbons (Fsp3) is 0.778. The van der Waals surface area contributed by atoms with Gasteiger partial charge in [0.2, 0.25) is 5.91 Å². The Bertz CT molecular complexity index is 1480. The molecule has 0 bridgehead atoms. The minimum Gasteiger partial charge on any atom is -0.454 e. The molecule has 74 heavy (non-hydrogen) atoms. The van der Waals surface area contributed by atoms with Crippen LogP contribution in [0.1, 0.15) is 252 Å². The summed E-state index contributed by atoms with van der Waals surface area (Å²) in [7, 11) is 0. The molecule has 0 spiro atoms. The van der Waals surface area contributed by atoms with Gasteiger partial charge in [-0.25, -0.2) is 0 Å². The molecule has 11 nitrogen and oxygen atoms in total. The molecule has 1 aliphatic rings.